The van der Waals surface area contributed by atoms with Crippen molar-refractivity contribution in [3.05, 3.63) is 22.7 Å². The minimum absolute atomic E-state index is 0.143. The van der Waals surface area contributed by atoms with Crippen molar-refractivity contribution in [3.63, 3.8) is 0 Å². The SMILES string of the molecule is O=c1cncc(N2CCNCC2)[nH]1. The van der Waals surface area contributed by atoms with Gasteiger partial charge in [0.25, 0.3) is 5.56 Å². The van der Waals surface area contributed by atoms with Crippen LogP contribution in [0.5, 0.6) is 0 Å². The molecular formula is C8H12N4O. The summed E-state index contributed by atoms with van der Waals surface area (Å²) in [6, 6.07) is 0. The summed E-state index contributed by atoms with van der Waals surface area (Å²) in [6.07, 6.45) is 2.97. The number of hydrogen-bond donors (Lipinski definition) is 2. The maximum absolute atomic E-state index is 11.0. The number of aromatic amines is 1. The van der Waals surface area contributed by atoms with Crippen molar-refractivity contribution < 1.29 is 0 Å². The van der Waals surface area contributed by atoms with Crippen LogP contribution in [-0.2, 0) is 0 Å². The number of nitrogens with zero attached hydrogens (tertiary/aromatic N) is 2. The van der Waals surface area contributed by atoms with Crippen LogP contribution in [0.3, 0.4) is 0 Å². The normalized spacial score (nSPS) is 17.4. The summed E-state index contributed by atoms with van der Waals surface area (Å²) in [5, 5.41) is 3.24. The van der Waals surface area contributed by atoms with Crippen molar-refractivity contribution >= 4 is 5.82 Å². The largest absolute Gasteiger partial charge is 0.354 e. The second kappa shape index (κ2) is 3.57. The maximum Gasteiger partial charge on any atom is 0.267 e. The molecule has 1 aromatic rings. The van der Waals surface area contributed by atoms with E-state index in [4.69, 9.17) is 0 Å². The van der Waals surface area contributed by atoms with E-state index in [0.29, 0.717) is 0 Å². The summed E-state index contributed by atoms with van der Waals surface area (Å²) >= 11 is 0. The van der Waals surface area contributed by atoms with Crippen LogP contribution in [0.4, 0.5) is 5.82 Å². The molecule has 0 amide bonds. The Kier molecular flexibility index (Phi) is 2.27. The molecule has 0 bridgehead atoms. The summed E-state index contributed by atoms with van der Waals surface area (Å²) in [4.78, 5) is 19.7. The maximum atomic E-state index is 11.0. The molecule has 0 aliphatic carbocycles. The fourth-order valence-corrected chi connectivity index (χ4v) is 1.43. The summed E-state index contributed by atoms with van der Waals surface area (Å²) in [5.41, 5.74) is -0.143. The Morgan fingerprint density at radius 3 is 2.77 bits per heavy atom. The highest BCUT2D eigenvalue weighted by Crippen LogP contribution is 2.05. The van der Waals surface area contributed by atoms with Crippen LogP contribution >= 0.6 is 0 Å². The van der Waals surface area contributed by atoms with Gasteiger partial charge in [-0.25, -0.2) is 0 Å². The lowest BCUT2D eigenvalue weighted by Gasteiger charge is -2.28. The van der Waals surface area contributed by atoms with Crippen molar-refractivity contribution in [2.24, 2.45) is 0 Å². The Balaban J connectivity index is 2.19. The molecule has 2 N–H and O–H groups in total. The molecule has 2 rings (SSSR count). The zero-order chi connectivity index (χ0) is 9.10. The fourth-order valence-electron chi connectivity index (χ4n) is 1.43. The van der Waals surface area contributed by atoms with Crippen molar-refractivity contribution in [3.8, 4) is 0 Å². The summed E-state index contributed by atoms with van der Waals surface area (Å²) in [7, 11) is 0. The third kappa shape index (κ3) is 1.86. The Hall–Kier alpha value is -1.36. The zero-order valence-corrected chi connectivity index (χ0v) is 7.29. The van der Waals surface area contributed by atoms with Gasteiger partial charge in [0.15, 0.2) is 0 Å². The van der Waals surface area contributed by atoms with Gasteiger partial charge in [-0.1, -0.05) is 0 Å². The topological polar surface area (TPSA) is 61.0 Å². The first-order valence-electron chi connectivity index (χ1n) is 4.36. The lowest BCUT2D eigenvalue weighted by atomic mass is 10.4. The van der Waals surface area contributed by atoms with Gasteiger partial charge in [0.1, 0.15) is 5.82 Å². The van der Waals surface area contributed by atoms with E-state index in [9.17, 15) is 4.79 Å². The number of aromatic nitrogens is 2. The van der Waals surface area contributed by atoms with E-state index in [1.807, 2.05) is 0 Å². The van der Waals surface area contributed by atoms with Gasteiger partial charge in [-0.2, -0.15) is 0 Å². The predicted molar refractivity (Wildman–Crippen MR) is 49.9 cm³/mol. The molecule has 0 unspecified atom stereocenters. The minimum atomic E-state index is -0.143. The van der Waals surface area contributed by atoms with Crippen molar-refractivity contribution in [2.75, 3.05) is 31.1 Å². The Morgan fingerprint density at radius 2 is 2.08 bits per heavy atom. The van der Waals surface area contributed by atoms with E-state index >= 15 is 0 Å². The van der Waals surface area contributed by atoms with Crippen LogP contribution in [0.25, 0.3) is 0 Å². The average molecular weight is 180 g/mol. The summed E-state index contributed by atoms with van der Waals surface area (Å²) in [5.74, 6) is 0.814. The number of anilines is 1. The summed E-state index contributed by atoms with van der Waals surface area (Å²) < 4.78 is 0. The molecule has 0 saturated carbocycles. The smallest absolute Gasteiger partial charge is 0.267 e. The van der Waals surface area contributed by atoms with Crippen LogP contribution in [-0.4, -0.2) is 36.1 Å². The molecule has 5 nitrogen and oxygen atoms in total. The van der Waals surface area contributed by atoms with Crippen molar-refractivity contribution in [2.45, 2.75) is 0 Å². The van der Waals surface area contributed by atoms with E-state index in [2.05, 4.69) is 20.2 Å². The molecule has 1 saturated heterocycles. The molecule has 0 spiro atoms. The highest BCUT2D eigenvalue weighted by molar-refractivity contribution is 5.35. The van der Waals surface area contributed by atoms with Crippen molar-refractivity contribution in [1.29, 1.82) is 0 Å². The second-order valence-electron chi connectivity index (χ2n) is 3.02. The highest BCUT2D eigenvalue weighted by atomic mass is 16.1. The lowest BCUT2D eigenvalue weighted by molar-refractivity contribution is 0.583. The van der Waals surface area contributed by atoms with E-state index in [1.54, 1.807) is 6.20 Å². The Bertz CT molecular complexity index is 329. The van der Waals surface area contributed by atoms with Gasteiger partial charge < -0.3 is 15.2 Å². The number of piperazine rings is 1. The molecule has 70 valence electrons. The number of nitrogens with one attached hydrogen (secondary N) is 2. The van der Waals surface area contributed by atoms with Crippen LogP contribution in [0.1, 0.15) is 0 Å². The molecule has 5 heteroatoms. The van der Waals surface area contributed by atoms with E-state index < -0.39 is 0 Å². The standard InChI is InChI=1S/C8H12N4O/c13-8-6-10-5-7(11-8)12-3-1-9-2-4-12/h5-6,9H,1-4H2,(H,11,13). The summed E-state index contributed by atoms with van der Waals surface area (Å²) in [6.45, 7) is 3.75. The lowest BCUT2D eigenvalue weighted by Crippen LogP contribution is -2.44. The third-order valence-electron chi connectivity index (χ3n) is 2.10. The monoisotopic (exact) mass is 180 g/mol. The van der Waals surface area contributed by atoms with Gasteiger partial charge in [0.2, 0.25) is 0 Å². The second-order valence-corrected chi connectivity index (χ2v) is 3.02. The Morgan fingerprint density at radius 1 is 1.31 bits per heavy atom. The molecule has 0 atom stereocenters. The molecule has 1 aliphatic heterocycles. The zero-order valence-electron chi connectivity index (χ0n) is 7.29. The van der Waals surface area contributed by atoms with E-state index in [-0.39, 0.29) is 5.56 Å². The molecule has 1 fully saturated rings. The number of hydrogen-bond acceptors (Lipinski definition) is 4. The molecule has 1 aliphatic rings. The molecule has 0 aromatic carbocycles. The molecular weight excluding hydrogens is 168 g/mol. The van der Waals surface area contributed by atoms with Gasteiger partial charge >= 0.3 is 0 Å². The third-order valence-corrected chi connectivity index (χ3v) is 2.10. The van der Waals surface area contributed by atoms with Crippen LogP contribution in [0.15, 0.2) is 17.2 Å². The Labute approximate surface area is 75.8 Å². The van der Waals surface area contributed by atoms with Crippen molar-refractivity contribution in [1.82, 2.24) is 15.3 Å². The first-order valence-corrected chi connectivity index (χ1v) is 4.36. The quantitative estimate of drug-likeness (QED) is 0.592. The van der Waals surface area contributed by atoms with Gasteiger partial charge in [0.05, 0.1) is 12.4 Å². The molecule has 2 heterocycles. The van der Waals surface area contributed by atoms with Crippen LogP contribution in [0, 0.1) is 0 Å². The van der Waals surface area contributed by atoms with Gasteiger partial charge in [-0.05, 0) is 0 Å². The van der Waals surface area contributed by atoms with Gasteiger partial charge in [0, 0.05) is 26.2 Å². The molecule has 13 heavy (non-hydrogen) atoms. The first-order chi connectivity index (χ1) is 6.36. The van der Waals surface area contributed by atoms with Gasteiger partial charge in [-0.3, -0.25) is 9.78 Å². The first kappa shape index (κ1) is 8.25. The fraction of sp³-hybridized carbons (Fsp3) is 0.500. The molecule has 1 aromatic heterocycles. The van der Waals surface area contributed by atoms with Crippen LogP contribution < -0.4 is 15.8 Å². The number of rotatable bonds is 1. The minimum Gasteiger partial charge on any atom is -0.354 e. The number of H-pyrrole nitrogens is 1. The van der Waals surface area contributed by atoms with E-state index in [1.165, 1.54) is 6.20 Å². The van der Waals surface area contributed by atoms with Crippen LogP contribution in [0.2, 0.25) is 0 Å². The molecule has 0 radical (unpaired) electrons. The average Bonchev–Trinajstić information content (AvgIpc) is 2.19. The van der Waals surface area contributed by atoms with Gasteiger partial charge in [-0.15, -0.1) is 0 Å². The highest BCUT2D eigenvalue weighted by Gasteiger charge is 2.10. The predicted octanol–water partition coefficient (Wildman–Crippen LogP) is -0.820. The van der Waals surface area contributed by atoms with E-state index in [0.717, 1.165) is 32.0 Å².